The number of carbonyl (C=O) groups is 1. The average molecular weight is 570 g/mol. The van der Waals surface area contributed by atoms with Gasteiger partial charge < -0.3 is 25.0 Å². The van der Waals surface area contributed by atoms with Gasteiger partial charge in [-0.1, -0.05) is 19.0 Å². The van der Waals surface area contributed by atoms with E-state index in [1.54, 1.807) is 18.5 Å². The Morgan fingerprint density at radius 1 is 1.09 bits per heavy atom. The van der Waals surface area contributed by atoms with Crippen molar-refractivity contribution in [3.63, 3.8) is 0 Å². The second kappa shape index (κ2) is 14.0. The lowest BCUT2D eigenvalue weighted by atomic mass is 10.1. The van der Waals surface area contributed by atoms with Gasteiger partial charge in [0.15, 0.2) is 5.96 Å². The molecule has 33 heavy (non-hydrogen) atoms. The number of piperazine rings is 1. The van der Waals surface area contributed by atoms with Gasteiger partial charge >= 0.3 is 0 Å². The van der Waals surface area contributed by atoms with E-state index in [0.717, 1.165) is 55.4 Å². The molecule has 0 aromatic carbocycles. The molecule has 0 saturated carbocycles. The maximum absolute atomic E-state index is 12.6. The van der Waals surface area contributed by atoms with Crippen LogP contribution < -0.4 is 15.5 Å². The Bertz CT molecular complexity index is 860. The maximum Gasteiger partial charge on any atom is 0.225 e. The summed E-state index contributed by atoms with van der Waals surface area (Å²) in [6.45, 7) is 10.7. The van der Waals surface area contributed by atoms with Crippen LogP contribution >= 0.6 is 24.0 Å². The van der Waals surface area contributed by atoms with Crippen molar-refractivity contribution in [3.05, 3.63) is 35.5 Å². The molecule has 182 valence electrons. The molecule has 1 saturated heterocycles. The highest BCUT2D eigenvalue weighted by atomic mass is 127. The second-order valence-corrected chi connectivity index (χ2v) is 7.53. The first-order valence-electron chi connectivity index (χ1n) is 11.4. The molecule has 10 nitrogen and oxygen atoms in total. The van der Waals surface area contributed by atoms with Crippen molar-refractivity contribution < 1.29 is 9.32 Å². The molecule has 0 unspecified atom stereocenters. The monoisotopic (exact) mass is 570 g/mol. The molecule has 1 aliphatic heterocycles. The Hall–Kier alpha value is -2.44. The molecule has 0 spiro atoms. The fraction of sp³-hybridized carbons (Fsp3) is 0.591. The molecule has 0 radical (unpaired) electrons. The third-order valence-electron chi connectivity index (χ3n) is 5.45. The molecule has 11 heteroatoms. The van der Waals surface area contributed by atoms with E-state index in [-0.39, 0.29) is 29.9 Å². The molecule has 0 aliphatic carbocycles. The minimum atomic E-state index is 0. The minimum absolute atomic E-state index is 0. The number of rotatable bonds is 9. The number of aromatic nitrogens is 3. The van der Waals surface area contributed by atoms with Gasteiger partial charge in [0.05, 0.1) is 12.2 Å². The van der Waals surface area contributed by atoms with Gasteiger partial charge in [-0.25, -0.2) is 15.0 Å². The predicted octanol–water partition coefficient (Wildman–Crippen LogP) is 2.00. The van der Waals surface area contributed by atoms with Gasteiger partial charge in [-0.15, -0.1) is 24.0 Å². The number of aliphatic imine (C=N–C) groups is 1. The lowest BCUT2D eigenvalue weighted by Crippen LogP contribution is -2.50. The van der Waals surface area contributed by atoms with E-state index >= 15 is 0 Å². The summed E-state index contributed by atoms with van der Waals surface area (Å²) in [5.41, 5.74) is 2.01. The zero-order chi connectivity index (χ0) is 22.8. The van der Waals surface area contributed by atoms with Crippen molar-refractivity contribution in [2.45, 2.75) is 46.6 Å². The van der Waals surface area contributed by atoms with E-state index in [1.807, 2.05) is 11.8 Å². The van der Waals surface area contributed by atoms with Crippen LogP contribution in [0.15, 0.2) is 28.0 Å². The summed E-state index contributed by atoms with van der Waals surface area (Å²) >= 11 is 0. The van der Waals surface area contributed by atoms with Crippen molar-refractivity contribution in [2.75, 3.05) is 44.2 Å². The van der Waals surface area contributed by atoms with Gasteiger partial charge in [-0.05, 0) is 19.4 Å². The van der Waals surface area contributed by atoms with Gasteiger partial charge in [0.2, 0.25) is 11.9 Å². The van der Waals surface area contributed by atoms with Crippen molar-refractivity contribution in [3.8, 4) is 0 Å². The highest BCUT2D eigenvalue weighted by molar-refractivity contribution is 14.0. The fourth-order valence-corrected chi connectivity index (χ4v) is 3.67. The Kier molecular flexibility index (Phi) is 11.3. The van der Waals surface area contributed by atoms with E-state index in [1.165, 1.54) is 0 Å². The highest BCUT2D eigenvalue weighted by Gasteiger charge is 2.22. The molecule has 1 fully saturated rings. The topological polar surface area (TPSA) is 112 Å². The van der Waals surface area contributed by atoms with Crippen molar-refractivity contribution in [1.29, 1.82) is 0 Å². The molecular formula is C22H35IN8O2. The van der Waals surface area contributed by atoms with Crippen LogP contribution in [0, 0.1) is 0 Å². The summed E-state index contributed by atoms with van der Waals surface area (Å²) in [5.74, 6) is 2.44. The van der Waals surface area contributed by atoms with Gasteiger partial charge in [-0.3, -0.25) is 4.79 Å². The van der Waals surface area contributed by atoms with Crippen LogP contribution in [0.25, 0.3) is 0 Å². The molecule has 0 atom stereocenters. The van der Waals surface area contributed by atoms with E-state index in [9.17, 15) is 4.79 Å². The zero-order valence-corrected chi connectivity index (χ0v) is 22.0. The number of hydrogen-bond acceptors (Lipinski definition) is 7. The van der Waals surface area contributed by atoms with Gasteiger partial charge in [0.25, 0.3) is 0 Å². The molecule has 2 aromatic rings. The van der Waals surface area contributed by atoms with Crippen LogP contribution in [0.4, 0.5) is 5.95 Å². The number of anilines is 1. The highest BCUT2D eigenvalue weighted by Crippen LogP contribution is 2.16. The van der Waals surface area contributed by atoms with E-state index in [0.29, 0.717) is 38.6 Å². The summed E-state index contributed by atoms with van der Waals surface area (Å²) in [5, 5.41) is 10.7. The number of nitrogens with one attached hydrogen (secondary N) is 2. The predicted molar refractivity (Wildman–Crippen MR) is 139 cm³/mol. The fourth-order valence-electron chi connectivity index (χ4n) is 3.67. The average Bonchev–Trinajstić information content (AvgIpc) is 3.25. The summed E-state index contributed by atoms with van der Waals surface area (Å²) in [6.07, 6.45) is 5.50. The van der Waals surface area contributed by atoms with Crippen LogP contribution in [0.2, 0.25) is 0 Å². The van der Waals surface area contributed by atoms with Crippen molar-refractivity contribution in [1.82, 2.24) is 30.7 Å². The third kappa shape index (κ3) is 7.54. The number of halogens is 1. The maximum atomic E-state index is 12.6. The van der Waals surface area contributed by atoms with Crippen LogP contribution in [-0.4, -0.2) is 71.2 Å². The number of carbonyl (C=O) groups excluding carboxylic acids is 1. The molecule has 3 rings (SSSR count). The van der Waals surface area contributed by atoms with Crippen molar-refractivity contribution >= 4 is 41.8 Å². The van der Waals surface area contributed by atoms with E-state index < -0.39 is 0 Å². The lowest BCUT2D eigenvalue weighted by molar-refractivity contribution is -0.131. The first-order chi connectivity index (χ1) is 15.7. The Labute approximate surface area is 212 Å². The summed E-state index contributed by atoms with van der Waals surface area (Å²) < 4.78 is 5.42. The first kappa shape index (κ1) is 26.8. The molecule has 1 amide bonds. The Morgan fingerprint density at radius 3 is 2.45 bits per heavy atom. The van der Waals surface area contributed by atoms with Gasteiger partial charge in [0.1, 0.15) is 5.76 Å². The van der Waals surface area contributed by atoms with E-state index in [4.69, 9.17) is 4.52 Å². The minimum Gasteiger partial charge on any atom is -0.361 e. The molecule has 1 aliphatic rings. The van der Waals surface area contributed by atoms with Crippen LogP contribution in [0.3, 0.4) is 0 Å². The smallest absolute Gasteiger partial charge is 0.225 e. The standard InChI is InChI=1S/C22H34N8O2.HI/c1-4-18-17(19(5-2)32-28-18)16-27-21(23-6-3)24-11-8-20(31)29-12-14-30(15-13-29)22-25-9-7-10-26-22;/h7,9-10H,4-6,8,11-16H2,1-3H3,(H2,23,24,27);1H. The second-order valence-electron chi connectivity index (χ2n) is 7.53. The van der Waals surface area contributed by atoms with Gasteiger partial charge in [0, 0.05) is 70.1 Å². The van der Waals surface area contributed by atoms with Gasteiger partial charge in [-0.2, -0.15) is 0 Å². The molecular weight excluding hydrogens is 535 g/mol. The number of guanidine groups is 1. The quantitative estimate of drug-likeness (QED) is 0.268. The number of amides is 1. The summed E-state index contributed by atoms with van der Waals surface area (Å²) in [4.78, 5) is 29.9. The van der Waals surface area contributed by atoms with Crippen LogP contribution in [0.1, 0.15) is 44.2 Å². The number of hydrogen-bond donors (Lipinski definition) is 2. The Balaban J connectivity index is 0.00000385. The zero-order valence-electron chi connectivity index (χ0n) is 19.7. The van der Waals surface area contributed by atoms with Crippen molar-refractivity contribution in [2.24, 2.45) is 4.99 Å². The van der Waals surface area contributed by atoms with Crippen LogP contribution in [0.5, 0.6) is 0 Å². The van der Waals surface area contributed by atoms with E-state index in [2.05, 4.69) is 49.5 Å². The summed E-state index contributed by atoms with van der Waals surface area (Å²) in [7, 11) is 0. The molecule has 2 aromatic heterocycles. The molecule has 2 N–H and O–H groups in total. The summed E-state index contributed by atoms with van der Waals surface area (Å²) in [6, 6.07) is 1.80. The normalized spacial score (nSPS) is 14.1. The third-order valence-corrected chi connectivity index (χ3v) is 5.45. The Morgan fingerprint density at radius 2 is 1.82 bits per heavy atom. The SMILES string of the molecule is CCNC(=NCc1c(CC)noc1CC)NCCC(=O)N1CCN(c2ncccn2)CC1.I. The first-order valence-corrected chi connectivity index (χ1v) is 11.4. The number of nitrogens with zero attached hydrogens (tertiary/aromatic N) is 6. The lowest BCUT2D eigenvalue weighted by Gasteiger charge is -2.34. The van der Waals surface area contributed by atoms with Crippen LogP contribution in [-0.2, 0) is 24.2 Å². The number of aryl methyl sites for hydroxylation is 2. The molecule has 3 heterocycles. The molecule has 0 bridgehead atoms. The largest absolute Gasteiger partial charge is 0.361 e.